The summed E-state index contributed by atoms with van der Waals surface area (Å²) in [7, 11) is 4.84. The smallest absolute Gasteiger partial charge is 0.315 e. The van der Waals surface area contributed by atoms with Crippen molar-refractivity contribution in [2.45, 2.75) is 24.8 Å². The minimum Gasteiger partial charge on any atom is -0.497 e. The topological polar surface area (TPSA) is 78.1 Å². The molecule has 2 N–H and O–H groups in total. The number of rotatable bonds is 8. The van der Waals surface area contributed by atoms with Gasteiger partial charge in [0.05, 0.1) is 21.3 Å². The predicted octanol–water partition coefficient (Wildman–Crippen LogP) is 3.26. The third kappa shape index (κ3) is 5.16. The van der Waals surface area contributed by atoms with Gasteiger partial charge in [-0.2, -0.15) is 0 Å². The summed E-state index contributed by atoms with van der Waals surface area (Å²) in [4.78, 5) is 12.5. The average Bonchev–Trinajstić information content (AvgIpc) is 2.81. The van der Waals surface area contributed by atoms with Crippen LogP contribution in [0, 0.1) is 0 Å². The summed E-state index contributed by atoms with van der Waals surface area (Å²) in [6.07, 6.45) is 1.71. The zero-order valence-electron chi connectivity index (χ0n) is 17.8. The lowest BCUT2D eigenvalue weighted by atomic mass is 9.74. The number of urea groups is 1. The summed E-state index contributed by atoms with van der Waals surface area (Å²) in [6, 6.07) is 13.5. The minimum atomic E-state index is -0.204. The Hall–Kier alpha value is -2.93. The Bertz CT molecular complexity index is 832. The van der Waals surface area contributed by atoms with Gasteiger partial charge in [0, 0.05) is 31.7 Å². The van der Waals surface area contributed by atoms with Crippen molar-refractivity contribution in [1.82, 2.24) is 10.6 Å². The molecule has 1 aliphatic rings. The van der Waals surface area contributed by atoms with Gasteiger partial charge in [0.25, 0.3) is 0 Å². The summed E-state index contributed by atoms with van der Waals surface area (Å²) in [5.74, 6) is 2.12. The molecule has 2 amide bonds. The Morgan fingerprint density at radius 3 is 2.27 bits per heavy atom. The van der Waals surface area contributed by atoms with Crippen LogP contribution in [-0.2, 0) is 16.7 Å². The maximum absolute atomic E-state index is 12.5. The quantitative estimate of drug-likeness (QED) is 0.693. The maximum Gasteiger partial charge on any atom is 0.315 e. The van der Waals surface area contributed by atoms with Crippen molar-refractivity contribution in [3.8, 4) is 17.2 Å². The van der Waals surface area contributed by atoms with Gasteiger partial charge in [-0.1, -0.05) is 18.2 Å². The highest BCUT2D eigenvalue weighted by Crippen LogP contribution is 2.35. The van der Waals surface area contributed by atoms with Crippen molar-refractivity contribution in [3.05, 3.63) is 53.6 Å². The van der Waals surface area contributed by atoms with E-state index in [1.807, 2.05) is 30.3 Å². The van der Waals surface area contributed by atoms with Crippen molar-refractivity contribution >= 4 is 6.03 Å². The molecule has 1 heterocycles. The van der Waals surface area contributed by atoms with Crippen LogP contribution in [0.1, 0.15) is 24.0 Å². The molecule has 0 unspecified atom stereocenters. The second-order valence-corrected chi connectivity index (χ2v) is 7.35. The van der Waals surface area contributed by atoms with Crippen molar-refractivity contribution in [3.63, 3.8) is 0 Å². The monoisotopic (exact) mass is 414 g/mol. The van der Waals surface area contributed by atoms with Crippen LogP contribution >= 0.6 is 0 Å². The fourth-order valence-corrected chi connectivity index (χ4v) is 3.76. The minimum absolute atomic E-state index is 0.148. The van der Waals surface area contributed by atoms with E-state index in [4.69, 9.17) is 18.9 Å². The van der Waals surface area contributed by atoms with Gasteiger partial charge in [-0.3, -0.25) is 0 Å². The first-order valence-electron chi connectivity index (χ1n) is 10.0. The van der Waals surface area contributed by atoms with Crippen LogP contribution in [0.4, 0.5) is 4.79 Å². The normalized spacial score (nSPS) is 15.2. The molecule has 0 bridgehead atoms. The molecule has 3 rings (SSSR count). The number of nitrogens with one attached hydrogen (secondary N) is 2. The molecule has 0 saturated carbocycles. The van der Waals surface area contributed by atoms with Crippen molar-refractivity contribution < 1.29 is 23.7 Å². The van der Waals surface area contributed by atoms with E-state index in [1.165, 1.54) is 5.56 Å². The fourth-order valence-electron chi connectivity index (χ4n) is 3.76. The van der Waals surface area contributed by atoms with Gasteiger partial charge in [0.2, 0.25) is 0 Å². The van der Waals surface area contributed by atoms with E-state index in [0.717, 1.165) is 24.2 Å². The Kier molecular flexibility index (Phi) is 7.41. The lowest BCUT2D eigenvalue weighted by Crippen LogP contribution is -2.47. The maximum atomic E-state index is 12.5. The highest BCUT2D eigenvalue weighted by molar-refractivity contribution is 5.74. The van der Waals surface area contributed by atoms with E-state index in [0.29, 0.717) is 37.8 Å². The van der Waals surface area contributed by atoms with Gasteiger partial charge in [0.1, 0.15) is 5.75 Å². The Labute approximate surface area is 177 Å². The Balaban J connectivity index is 1.60. The number of hydrogen-bond acceptors (Lipinski definition) is 5. The second kappa shape index (κ2) is 10.2. The lowest BCUT2D eigenvalue weighted by molar-refractivity contribution is 0.0506. The van der Waals surface area contributed by atoms with Crippen LogP contribution in [0.15, 0.2) is 42.5 Å². The molecule has 0 spiro atoms. The van der Waals surface area contributed by atoms with Crippen LogP contribution < -0.4 is 24.8 Å². The third-order valence-corrected chi connectivity index (χ3v) is 5.64. The number of amides is 2. The standard InChI is InChI=1S/C23H30N2O5/c1-27-19-7-5-18(6-8-19)23(10-12-30-13-11-23)16-25-22(26)24-15-17-4-9-20(28-2)21(14-17)29-3/h4-9,14H,10-13,15-16H2,1-3H3,(H2,24,25,26). The first-order valence-corrected chi connectivity index (χ1v) is 10.0. The Morgan fingerprint density at radius 1 is 0.933 bits per heavy atom. The molecule has 30 heavy (non-hydrogen) atoms. The Morgan fingerprint density at radius 2 is 1.63 bits per heavy atom. The molecule has 162 valence electrons. The molecule has 2 aromatic rings. The fraction of sp³-hybridized carbons (Fsp3) is 0.435. The first kappa shape index (κ1) is 21.8. The summed E-state index contributed by atoms with van der Waals surface area (Å²) in [5, 5.41) is 5.97. The van der Waals surface area contributed by atoms with Gasteiger partial charge in [-0.05, 0) is 48.2 Å². The van der Waals surface area contributed by atoms with Crippen LogP contribution in [0.2, 0.25) is 0 Å². The second-order valence-electron chi connectivity index (χ2n) is 7.35. The molecule has 7 nitrogen and oxygen atoms in total. The molecule has 0 aromatic heterocycles. The number of carbonyl (C=O) groups is 1. The molecular formula is C23H30N2O5. The van der Waals surface area contributed by atoms with Crippen molar-refractivity contribution in [2.24, 2.45) is 0 Å². The summed E-state index contributed by atoms with van der Waals surface area (Å²) < 4.78 is 21.4. The van der Waals surface area contributed by atoms with E-state index in [1.54, 1.807) is 21.3 Å². The van der Waals surface area contributed by atoms with E-state index in [9.17, 15) is 4.79 Å². The SMILES string of the molecule is COc1ccc(C2(CNC(=O)NCc3ccc(OC)c(OC)c3)CCOCC2)cc1. The van der Waals surface area contributed by atoms with Crippen LogP contribution in [0.3, 0.4) is 0 Å². The first-order chi connectivity index (χ1) is 14.6. The van der Waals surface area contributed by atoms with E-state index in [-0.39, 0.29) is 11.4 Å². The van der Waals surface area contributed by atoms with E-state index >= 15 is 0 Å². The molecule has 0 radical (unpaired) electrons. The van der Waals surface area contributed by atoms with Crippen molar-refractivity contribution in [1.29, 1.82) is 0 Å². The molecular weight excluding hydrogens is 384 g/mol. The number of methoxy groups -OCH3 is 3. The van der Waals surface area contributed by atoms with Crippen molar-refractivity contribution in [2.75, 3.05) is 41.1 Å². The van der Waals surface area contributed by atoms with Gasteiger partial charge >= 0.3 is 6.03 Å². The van der Waals surface area contributed by atoms with E-state index in [2.05, 4.69) is 22.8 Å². The van der Waals surface area contributed by atoms with Gasteiger partial charge in [-0.15, -0.1) is 0 Å². The highest BCUT2D eigenvalue weighted by Gasteiger charge is 2.34. The molecule has 0 atom stereocenters. The van der Waals surface area contributed by atoms with Crippen LogP contribution in [0.25, 0.3) is 0 Å². The molecule has 2 aromatic carbocycles. The van der Waals surface area contributed by atoms with Gasteiger partial charge in [0.15, 0.2) is 11.5 Å². The number of benzene rings is 2. The number of ether oxygens (including phenoxy) is 4. The van der Waals surface area contributed by atoms with Crippen LogP contribution in [-0.4, -0.2) is 47.1 Å². The van der Waals surface area contributed by atoms with E-state index < -0.39 is 0 Å². The summed E-state index contributed by atoms with van der Waals surface area (Å²) in [6.45, 7) is 2.30. The molecule has 7 heteroatoms. The third-order valence-electron chi connectivity index (χ3n) is 5.64. The number of carbonyl (C=O) groups excluding carboxylic acids is 1. The van der Waals surface area contributed by atoms with Crippen LogP contribution in [0.5, 0.6) is 17.2 Å². The number of hydrogen-bond donors (Lipinski definition) is 2. The molecule has 1 fully saturated rings. The lowest BCUT2D eigenvalue weighted by Gasteiger charge is -2.38. The molecule has 1 aliphatic heterocycles. The largest absolute Gasteiger partial charge is 0.497 e. The zero-order chi connectivity index (χ0) is 21.4. The average molecular weight is 415 g/mol. The van der Waals surface area contributed by atoms with Gasteiger partial charge < -0.3 is 29.6 Å². The predicted molar refractivity (Wildman–Crippen MR) is 115 cm³/mol. The highest BCUT2D eigenvalue weighted by atomic mass is 16.5. The molecule has 0 aliphatic carbocycles. The van der Waals surface area contributed by atoms with Gasteiger partial charge in [-0.25, -0.2) is 4.79 Å². The summed E-state index contributed by atoms with van der Waals surface area (Å²) >= 11 is 0. The molecule has 1 saturated heterocycles. The summed E-state index contributed by atoms with van der Waals surface area (Å²) in [5.41, 5.74) is 1.97. The zero-order valence-corrected chi connectivity index (χ0v) is 17.8.